The van der Waals surface area contributed by atoms with Crippen molar-refractivity contribution in [3.63, 3.8) is 0 Å². The third-order valence-corrected chi connectivity index (χ3v) is 2.57. The summed E-state index contributed by atoms with van der Waals surface area (Å²) >= 11 is 11.4. The summed E-state index contributed by atoms with van der Waals surface area (Å²) in [5.41, 5.74) is 0.439. The van der Waals surface area contributed by atoms with Crippen LogP contribution in [0, 0.1) is 0 Å². The Morgan fingerprint density at radius 3 is 2.43 bits per heavy atom. The quantitative estimate of drug-likeness (QED) is 0.843. The Morgan fingerprint density at radius 1 is 1.36 bits per heavy atom. The van der Waals surface area contributed by atoms with Crippen LogP contribution in [0.1, 0.15) is 11.5 Å². The highest BCUT2D eigenvalue weighted by Gasteiger charge is 2.19. The molecule has 0 saturated carbocycles. The second-order valence-electron chi connectivity index (χ2n) is 2.75. The van der Waals surface area contributed by atoms with E-state index in [9.17, 15) is 4.79 Å². The van der Waals surface area contributed by atoms with Crippen molar-refractivity contribution in [3.05, 3.63) is 33.8 Å². The van der Waals surface area contributed by atoms with Crippen LogP contribution >= 0.6 is 23.2 Å². The lowest BCUT2D eigenvalue weighted by molar-refractivity contribution is -0.139. The Bertz CT molecular complexity index is 352. The van der Waals surface area contributed by atoms with Gasteiger partial charge in [-0.1, -0.05) is 29.3 Å². The summed E-state index contributed by atoms with van der Waals surface area (Å²) in [6.45, 7) is -0.465. The first kappa shape index (κ1) is 11.3. The zero-order chi connectivity index (χ0) is 10.7. The highest BCUT2D eigenvalue weighted by molar-refractivity contribution is 6.42. The molecule has 0 aliphatic carbocycles. The van der Waals surface area contributed by atoms with E-state index in [2.05, 4.69) is 0 Å². The number of carbonyl (C=O) groups is 1. The molecule has 0 saturated heterocycles. The van der Waals surface area contributed by atoms with Gasteiger partial charge in [0.05, 0.1) is 16.7 Å². The van der Waals surface area contributed by atoms with Crippen LogP contribution in [0.3, 0.4) is 0 Å². The topological polar surface area (TPSA) is 57.5 Å². The van der Waals surface area contributed by atoms with Gasteiger partial charge < -0.3 is 10.2 Å². The van der Waals surface area contributed by atoms with Gasteiger partial charge in [0.1, 0.15) is 5.92 Å². The molecule has 0 spiro atoms. The molecule has 14 heavy (non-hydrogen) atoms. The summed E-state index contributed by atoms with van der Waals surface area (Å²) in [7, 11) is 0. The molecule has 1 aromatic carbocycles. The molecule has 1 aromatic rings. The van der Waals surface area contributed by atoms with E-state index in [4.69, 9.17) is 33.4 Å². The Hall–Kier alpha value is -0.770. The van der Waals surface area contributed by atoms with Crippen LogP contribution in [-0.2, 0) is 4.79 Å². The van der Waals surface area contributed by atoms with Crippen molar-refractivity contribution in [2.45, 2.75) is 5.92 Å². The number of benzene rings is 1. The highest BCUT2D eigenvalue weighted by atomic mass is 35.5. The lowest BCUT2D eigenvalue weighted by Crippen LogP contribution is -2.15. The lowest BCUT2D eigenvalue weighted by Gasteiger charge is -2.09. The maximum absolute atomic E-state index is 10.7. The molecule has 0 heterocycles. The summed E-state index contributed by atoms with van der Waals surface area (Å²) in [5.74, 6) is -2.05. The average molecular weight is 235 g/mol. The van der Waals surface area contributed by atoms with Gasteiger partial charge in [0.25, 0.3) is 0 Å². The standard InChI is InChI=1S/C9H8Cl2O3/c10-7-2-1-5(3-8(7)11)6(4-12)9(13)14/h1-3,6,12H,4H2,(H,13,14). The molecule has 0 aliphatic heterocycles. The van der Waals surface area contributed by atoms with Crippen LogP contribution in [-0.4, -0.2) is 22.8 Å². The SMILES string of the molecule is O=C(O)C(CO)c1ccc(Cl)c(Cl)c1. The number of rotatable bonds is 3. The van der Waals surface area contributed by atoms with E-state index < -0.39 is 18.5 Å². The fourth-order valence-corrected chi connectivity index (χ4v) is 1.36. The van der Waals surface area contributed by atoms with Crippen molar-refractivity contribution in [1.29, 1.82) is 0 Å². The van der Waals surface area contributed by atoms with Gasteiger partial charge in [0.2, 0.25) is 0 Å². The van der Waals surface area contributed by atoms with Gasteiger partial charge in [0.15, 0.2) is 0 Å². The Labute approximate surface area is 90.9 Å². The normalized spacial score (nSPS) is 12.5. The number of hydrogen-bond donors (Lipinski definition) is 2. The van der Waals surface area contributed by atoms with E-state index in [1.165, 1.54) is 18.2 Å². The molecule has 1 atom stereocenters. The van der Waals surface area contributed by atoms with Crippen molar-refractivity contribution >= 4 is 29.2 Å². The molecule has 0 aromatic heterocycles. The summed E-state index contributed by atoms with van der Waals surface area (Å²) in [6, 6.07) is 4.48. The van der Waals surface area contributed by atoms with Gasteiger partial charge in [-0.05, 0) is 17.7 Å². The van der Waals surface area contributed by atoms with E-state index >= 15 is 0 Å². The van der Waals surface area contributed by atoms with E-state index in [0.717, 1.165) is 0 Å². The van der Waals surface area contributed by atoms with Crippen molar-refractivity contribution in [2.75, 3.05) is 6.61 Å². The molecule has 0 bridgehead atoms. The van der Waals surface area contributed by atoms with Crippen LogP contribution in [0.5, 0.6) is 0 Å². The van der Waals surface area contributed by atoms with Crippen molar-refractivity contribution in [1.82, 2.24) is 0 Å². The lowest BCUT2D eigenvalue weighted by atomic mass is 10.0. The first-order valence-electron chi connectivity index (χ1n) is 3.85. The van der Waals surface area contributed by atoms with Crippen LogP contribution in [0.4, 0.5) is 0 Å². The molecule has 0 fully saturated rings. The summed E-state index contributed by atoms with van der Waals surface area (Å²) < 4.78 is 0. The second-order valence-corrected chi connectivity index (χ2v) is 3.56. The molecule has 0 aliphatic rings. The third kappa shape index (κ3) is 2.38. The molecule has 3 nitrogen and oxygen atoms in total. The van der Waals surface area contributed by atoms with Crippen LogP contribution < -0.4 is 0 Å². The first-order chi connectivity index (χ1) is 6.56. The molecule has 0 amide bonds. The second kappa shape index (κ2) is 4.64. The number of aliphatic carboxylic acids is 1. The van der Waals surface area contributed by atoms with Gasteiger partial charge in [-0.3, -0.25) is 4.79 Å². The van der Waals surface area contributed by atoms with E-state index in [-0.39, 0.29) is 5.02 Å². The van der Waals surface area contributed by atoms with Crippen molar-refractivity contribution < 1.29 is 15.0 Å². The highest BCUT2D eigenvalue weighted by Crippen LogP contribution is 2.26. The third-order valence-electron chi connectivity index (χ3n) is 1.83. The molecular weight excluding hydrogens is 227 g/mol. The monoisotopic (exact) mass is 234 g/mol. The minimum Gasteiger partial charge on any atom is -0.481 e. The fraction of sp³-hybridized carbons (Fsp3) is 0.222. The number of hydrogen-bond acceptors (Lipinski definition) is 2. The van der Waals surface area contributed by atoms with E-state index in [0.29, 0.717) is 10.6 Å². The Morgan fingerprint density at radius 2 is 2.00 bits per heavy atom. The Kier molecular flexibility index (Phi) is 3.75. The molecule has 5 heteroatoms. The number of carboxylic acid groups (broad SMARTS) is 1. The molecule has 76 valence electrons. The summed E-state index contributed by atoms with van der Waals surface area (Å²) in [4.78, 5) is 10.7. The number of aliphatic hydroxyl groups is 1. The zero-order valence-corrected chi connectivity index (χ0v) is 8.59. The van der Waals surface area contributed by atoms with Crippen molar-refractivity contribution in [2.24, 2.45) is 0 Å². The average Bonchev–Trinajstić information content (AvgIpc) is 2.11. The van der Waals surface area contributed by atoms with Crippen LogP contribution in [0.15, 0.2) is 18.2 Å². The largest absolute Gasteiger partial charge is 0.481 e. The summed E-state index contributed by atoms with van der Waals surface area (Å²) in [6.07, 6.45) is 0. The molecular formula is C9H8Cl2O3. The van der Waals surface area contributed by atoms with Gasteiger partial charge in [-0.25, -0.2) is 0 Å². The Balaban J connectivity index is 3.06. The predicted molar refractivity (Wildman–Crippen MR) is 53.9 cm³/mol. The summed E-state index contributed by atoms with van der Waals surface area (Å²) in [5, 5.41) is 18.2. The number of aliphatic hydroxyl groups excluding tert-OH is 1. The zero-order valence-electron chi connectivity index (χ0n) is 7.08. The van der Waals surface area contributed by atoms with Crippen LogP contribution in [0.25, 0.3) is 0 Å². The maximum Gasteiger partial charge on any atom is 0.313 e. The minimum atomic E-state index is -1.09. The van der Waals surface area contributed by atoms with Gasteiger partial charge in [-0.2, -0.15) is 0 Å². The fourth-order valence-electron chi connectivity index (χ4n) is 1.06. The van der Waals surface area contributed by atoms with Crippen LogP contribution in [0.2, 0.25) is 10.0 Å². The number of halogens is 2. The minimum absolute atomic E-state index is 0.281. The molecule has 1 rings (SSSR count). The van der Waals surface area contributed by atoms with E-state index in [1.54, 1.807) is 0 Å². The first-order valence-corrected chi connectivity index (χ1v) is 4.60. The van der Waals surface area contributed by atoms with E-state index in [1.807, 2.05) is 0 Å². The molecule has 2 N–H and O–H groups in total. The maximum atomic E-state index is 10.7. The van der Waals surface area contributed by atoms with Gasteiger partial charge in [-0.15, -0.1) is 0 Å². The number of carboxylic acids is 1. The molecule has 1 unspecified atom stereocenters. The van der Waals surface area contributed by atoms with Gasteiger partial charge >= 0.3 is 5.97 Å². The smallest absolute Gasteiger partial charge is 0.313 e. The van der Waals surface area contributed by atoms with Crippen molar-refractivity contribution in [3.8, 4) is 0 Å². The molecule has 0 radical (unpaired) electrons. The van der Waals surface area contributed by atoms with Gasteiger partial charge in [0, 0.05) is 0 Å². The predicted octanol–water partition coefficient (Wildman–Crippen LogP) is 2.15.